The van der Waals surface area contributed by atoms with Crippen LogP contribution in [0, 0.1) is 0 Å². The first-order valence-corrected chi connectivity index (χ1v) is 11.7. The molecular weight excluding hydrogens is 406 g/mol. The van der Waals surface area contributed by atoms with E-state index >= 15 is 0 Å². The summed E-state index contributed by atoms with van der Waals surface area (Å²) in [6.45, 7) is 8.53. The molecule has 0 bridgehead atoms. The molecule has 1 aromatic heterocycles. The molecule has 8 heteroatoms. The van der Waals surface area contributed by atoms with E-state index in [1.54, 1.807) is 21.3 Å². The Labute approximate surface area is 191 Å². The quantitative estimate of drug-likeness (QED) is 0.697. The minimum Gasteiger partial charge on any atom is -0.493 e. The zero-order chi connectivity index (χ0) is 22.7. The van der Waals surface area contributed by atoms with Crippen LogP contribution in [0.3, 0.4) is 0 Å². The Bertz CT molecular complexity index is 906. The fourth-order valence-electron chi connectivity index (χ4n) is 4.74. The Hall–Kier alpha value is -2.32. The summed E-state index contributed by atoms with van der Waals surface area (Å²) in [5, 5.41) is 4.71. The highest BCUT2D eigenvalue weighted by Crippen LogP contribution is 2.36. The minimum atomic E-state index is 0.319. The second kappa shape index (κ2) is 10.1. The molecule has 2 fully saturated rings. The Kier molecular flexibility index (Phi) is 7.20. The molecule has 176 valence electrons. The third-order valence-corrected chi connectivity index (χ3v) is 6.85. The number of nitrogens with zero attached hydrogens (tertiary/aromatic N) is 4. The van der Waals surface area contributed by atoms with Gasteiger partial charge in [0.25, 0.3) is 0 Å². The molecule has 0 atom stereocenters. The van der Waals surface area contributed by atoms with Gasteiger partial charge in [-0.1, -0.05) is 0 Å². The first-order valence-electron chi connectivity index (χ1n) is 11.7. The van der Waals surface area contributed by atoms with E-state index < -0.39 is 0 Å². The van der Waals surface area contributed by atoms with E-state index in [0.717, 1.165) is 74.5 Å². The van der Waals surface area contributed by atoms with Crippen molar-refractivity contribution in [1.82, 2.24) is 14.9 Å². The predicted molar refractivity (Wildman–Crippen MR) is 128 cm³/mol. The van der Waals surface area contributed by atoms with Gasteiger partial charge in [0.15, 0.2) is 11.5 Å². The van der Waals surface area contributed by atoms with Crippen molar-refractivity contribution in [2.45, 2.75) is 57.7 Å². The molecule has 2 saturated heterocycles. The van der Waals surface area contributed by atoms with Crippen LogP contribution in [0.25, 0.3) is 10.9 Å². The van der Waals surface area contributed by atoms with E-state index in [-0.39, 0.29) is 0 Å². The monoisotopic (exact) mass is 443 g/mol. The van der Waals surface area contributed by atoms with Crippen LogP contribution in [0.15, 0.2) is 12.1 Å². The van der Waals surface area contributed by atoms with Gasteiger partial charge in [-0.2, -0.15) is 4.98 Å². The Morgan fingerprint density at radius 1 is 0.906 bits per heavy atom. The average Bonchev–Trinajstić information content (AvgIpc) is 2.83. The lowest BCUT2D eigenvalue weighted by Crippen LogP contribution is -2.42. The Morgan fingerprint density at radius 3 is 2.16 bits per heavy atom. The maximum absolute atomic E-state index is 5.56. The van der Waals surface area contributed by atoms with Gasteiger partial charge in [-0.05, 0) is 45.6 Å². The van der Waals surface area contributed by atoms with Crippen LogP contribution in [0.5, 0.6) is 11.5 Å². The smallest absolute Gasteiger partial charge is 0.227 e. The molecule has 0 aliphatic carbocycles. The second-order valence-corrected chi connectivity index (χ2v) is 9.07. The second-order valence-electron chi connectivity index (χ2n) is 9.07. The number of fused-ring (bicyclic) bond motifs is 1. The molecule has 2 aliphatic heterocycles. The summed E-state index contributed by atoms with van der Waals surface area (Å²) >= 11 is 0. The van der Waals surface area contributed by atoms with E-state index in [1.165, 1.54) is 0 Å². The SMILES string of the molecule is COc1cc2nc(N3CCC(OC)CC3)nc(NC3CCN(C(C)C)CC3)c2cc1OC. The molecule has 32 heavy (non-hydrogen) atoms. The molecule has 0 radical (unpaired) electrons. The maximum atomic E-state index is 5.56. The van der Waals surface area contributed by atoms with E-state index in [4.69, 9.17) is 24.2 Å². The van der Waals surface area contributed by atoms with Crippen molar-refractivity contribution in [1.29, 1.82) is 0 Å². The van der Waals surface area contributed by atoms with Crippen molar-refractivity contribution in [3.05, 3.63) is 12.1 Å². The highest BCUT2D eigenvalue weighted by Gasteiger charge is 2.25. The van der Waals surface area contributed by atoms with Gasteiger partial charge in [0.1, 0.15) is 5.82 Å². The van der Waals surface area contributed by atoms with Crippen LogP contribution in [-0.4, -0.2) is 80.6 Å². The molecule has 0 unspecified atom stereocenters. The van der Waals surface area contributed by atoms with Crippen LogP contribution >= 0.6 is 0 Å². The lowest BCUT2D eigenvalue weighted by Gasteiger charge is -2.35. The van der Waals surface area contributed by atoms with Crippen LogP contribution in [0.2, 0.25) is 0 Å². The molecule has 2 aromatic rings. The lowest BCUT2D eigenvalue weighted by atomic mass is 10.0. The number of nitrogens with one attached hydrogen (secondary N) is 1. The van der Waals surface area contributed by atoms with Crippen molar-refractivity contribution < 1.29 is 14.2 Å². The number of benzene rings is 1. The van der Waals surface area contributed by atoms with E-state index in [0.29, 0.717) is 29.7 Å². The Balaban J connectivity index is 1.65. The summed E-state index contributed by atoms with van der Waals surface area (Å²) in [6, 6.07) is 4.92. The van der Waals surface area contributed by atoms with Gasteiger partial charge in [-0.3, -0.25) is 0 Å². The van der Waals surface area contributed by atoms with Crippen LogP contribution in [-0.2, 0) is 4.74 Å². The normalized spacial score (nSPS) is 19.0. The van der Waals surface area contributed by atoms with Crippen molar-refractivity contribution in [3.63, 3.8) is 0 Å². The van der Waals surface area contributed by atoms with Crippen molar-refractivity contribution in [3.8, 4) is 11.5 Å². The number of anilines is 2. The van der Waals surface area contributed by atoms with Gasteiger partial charge in [0.05, 0.1) is 25.8 Å². The van der Waals surface area contributed by atoms with Crippen LogP contribution in [0.4, 0.5) is 11.8 Å². The number of methoxy groups -OCH3 is 3. The topological polar surface area (TPSA) is 72.0 Å². The molecule has 8 nitrogen and oxygen atoms in total. The predicted octanol–water partition coefficient (Wildman–Crippen LogP) is 3.55. The fourth-order valence-corrected chi connectivity index (χ4v) is 4.74. The summed E-state index contributed by atoms with van der Waals surface area (Å²) in [7, 11) is 5.11. The Morgan fingerprint density at radius 2 is 1.56 bits per heavy atom. The summed E-state index contributed by atoms with van der Waals surface area (Å²) in [4.78, 5) is 14.7. The van der Waals surface area contributed by atoms with Crippen LogP contribution < -0.4 is 19.7 Å². The minimum absolute atomic E-state index is 0.319. The highest BCUT2D eigenvalue weighted by atomic mass is 16.5. The molecule has 0 spiro atoms. The van der Waals surface area contributed by atoms with Crippen molar-refractivity contribution in [2.75, 3.05) is 57.7 Å². The average molecular weight is 444 g/mol. The number of aromatic nitrogens is 2. The number of ether oxygens (including phenoxy) is 3. The van der Waals surface area contributed by atoms with Crippen molar-refractivity contribution in [2.24, 2.45) is 0 Å². The molecule has 2 aliphatic rings. The summed E-state index contributed by atoms with van der Waals surface area (Å²) in [5.41, 5.74) is 0.864. The molecular formula is C24H37N5O3. The first kappa shape index (κ1) is 22.9. The molecule has 1 aromatic carbocycles. The van der Waals surface area contributed by atoms with E-state index in [9.17, 15) is 0 Å². The van der Waals surface area contributed by atoms with Gasteiger partial charge in [-0.25, -0.2) is 4.98 Å². The largest absolute Gasteiger partial charge is 0.493 e. The number of rotatable bonds is 7. The summed E-state index contributed by atoms with van der Waals surface area (Å²) in [6.07, 6.45) is 4.50. The number of hydrogen-bond acceptors (Lipinski definition) is 8. The van der Waals surface area contributed by atoms with Crippen LogP contribution in [0.1, 0.15) is 39.5 Å². The van der Waals surface area contributed by atoms with Crippen molar-refractivity contribution >= 4 is 22.7 Å². The lowest BCUT2D eigenvalue weighted by molar-refractivity contribution is 0.0817. The molecule has 1 N–H and O–H groups in total. The van der Waals surface area contributed by atoms with E-state index in [1.807, 2.05) is 12.1 Å². The summed E-state index contributed by atoms with van der Waals surface area (Å²) in [5.74, 6) is 3.01. The number of likely N-dealkylation sites (tertiary alicyclic amines) is 1. The molecule has 0 saturated carbocycles. The van der Waals surface area contributed by atoms with E-state index in [2.05, 4.69) is 29.0 Å². The highest BCUT2D eigenvalue weighted by molar-refractivity contribution is 5.93. The van der Waals surface area contributed by atoms with Gasteiger partial charge < -0.3 is 29.3 Å². The van der Waals surface area contributed by atoms with Gasteiger partial charge >= 0.3 is 0 Å². The zero-order valence-electron chi connectivity index (χ0n) is 20.1. The third kappa shape index (κ3) is 4.86. The molecule has 0 amide bonds. The number of hydrogen-bond donors (Lipinski definition) is 1. The van der Waals surface area contributed by atoms with Gasteiger partial charge in [0.2, 0.25) is 5.95 Å². The fraction of sp³-hybridized carbons (Fsp3) is 0.667. The number of piperidine rings is 2. The van der Waals surface area contributed by atoms with Gasteiger partial charge in [0, 0.05) is 56.8 Å². The molecule has 4 rings (SSSR count). The van der Waals surface area contributed by atoms with Gasteiger partial charge in [-0.15, -0.1) is 0 Å². The third-order valence-electron chi connectivity index (χ3n) is 6.85. The molecule has 3 heterocycles. The summed E-state index contributed by atoms with van der Waals surface area (Å²) < 4.78 is 16.6. The maximum Gasteiger partial charge on any atom is 0.227 e. The standard InChI is InChI=1S/C24H37N5O3/c1-16(2)28-10-6-17(7-11-28)25-23-19-14-21(31-4)22(32-5)15-20(19)26-24(27-23)29-12-8-18(30-3)9-13-29/h14-18H,6-13H2,1-5H3,(H,25,26,27). The first-order chi connectivity index (χ1) is 15.5. The zero-order valence-corrected chi connectivity index (χ0v) is 20.1.